The van der Waals surface area contributed by atoms with Crippen LogP contribution in [0.5, 0.6) is 0 Å². The molecule has 0 saturated heterocycles. The number of allylic oxidation sites excluding steroid dienone is 1. The van der Waals surface area contributed by atoms with E-state index >= 15 is 0 Å². The summed E-state index contributed by atoms with van der Waals surface area (Å²) in [4.78, 5) is 2.42. The maximum absolute atomic E-state index is 13.7. The Hall–Kier alpha value is -1.78. The summed E-state index contributed by atoms with van der Waals surface area (Å²) in [5.74, 6) is 0.539. The minimum Gasteiger partial charge on any atom is -0.377 e. The molecule has 0 N–H and O–H groups in total. The third-order valence-corrected chi connectivity index (χ3v) is 7.59. The van der Waals surface area contributed by atoms with Crippen LogP contribution in [0, 0.1) is 5.92 Å². The third kappa shape index (κ3) is 6.07. The Morgan fingerprint density at radius 3 is 2.24 bits per heavy atom. The highest BCUT2D eigenvalue weighted by Gasteiger charge is 2.52. The molecule has 0 amide bonds. The number of hydrogen-bond acceptors (Lipinski definition) is 1. The van der Waals surface area contributed by atoms with Crippen molar-refractivity contribution in [3.8, 4) is 0 Å². The molecular formula is C29H44F3N2+. The SMILES string of the molecule is CCCCN(/C=C/C1=[N+](CCC(C)C)c2ccc(C(F)(F)F)cc2C12CCCCC2)CCCC. The minimum absolute atomic E-state index is 0.302. The van der Waals surface area contributed by atoms with Gasteiger partial charge in [0.05, 0.1) is 11.0 Å². The molecule has 2 aliphatic rings. The predicted octanol–water partition coefficient (Wildman–Crippen LogP) is 8.47. The first-order valence-electron chi connectivity index (χ1n) is 13.5. The van der Waals surface area contributed by atoms with E-state index in [1.165, 1.54) is 17.8 Å². The summed E-state index contributed by atoms with van der Waals surface area (Å²) in [5, 5.41) is 0. The maximum Gasteiger partial charge on any atom is 0.416 e. The van der Waals surface area contributed by atoms with Crippen LogP contribution in [0.25, 0.3) is 0 Å². The van der Waals surface area contributed by atoms with E-state index in [1.54, 1.807) is 6.07 Å². The Balaban J connectivity index is 2.09. The molecular weight excluding hydrogens is 433 g/mol. The first-order valence-corrected chi connectivity index (χ1v) is 13.5. The van der Waals surface area contributed by atoms with E-state index in [0.717, 1.165) is 95.1 Å². The number of rotatable bonds is 11. The molecule has 5 heteroatoms. The van der Waals surface area contributed by atoms with E-state index in [4.69, 9.17) is 0 Å². The van der Waals surface area contributed by atoms with Crippen LogP contribution in [0.15, 0.2) is 30.5 Å². The smallest absolute Gasteiger partial charge is 0.377 e. The van der Waals surface area contributed by atoms with E-state index in [2.05, 4.69) is 49.4 Å². The molecule has 1 aromatic carbocycles. The summed E-state index contributed by atoms with van der Waals surface area (Å²) in [6.45, 7) is 11.8. The number of fused-ring (bicyclic) bond motifs is 2. The maximum atomic E-state index is 13.7. The fraction of sp³-hybridized carbons (Fsp3) is 0.690. The lowest BCUT2D eigenvalue weighted by Gasteiger charge is -2.32. The summed E-state index contributed by atoms with van der Waals surface area (Å²) in [5.41, 5.74) is 2.30. The second-order valence-corrected chi connectivity index (χ2v) is 10.7. The Labute approximate surface area is 204 Å². The molecule has 0 aromatic heterocycles. The van der Waals surface area contributed by atoms with E-state index in [9.17, 15) is 13.2 Å². The van der Waals surface area contributed by atoms with Crippen LogP contribution in [0.2, 0.25) is 0 Å². The second kappa shape index (κ2) is 11.8. The number of unbranched alkanes of at least 4 members (excludes halogenated alkanes) is 2. The van der Waals surface area contributed by atoms with E-state index in [-0.39, 0.29) is 5.41 Å². The summed E-state index contributed by atoms with van der Waals surface area (Å²) >= 11 is 0. The summed E-state index contributed by atoms with van der Waals surface area (Å²) in [7, 11) is 0. The van der Waals surface area contributed by atoms with Gasteiger partial charge in [-0.25, -0.2) is 0 Å². The third-order valence-electron chi connectivity index (χ3n) is 7.59. The van der Waals surface area contributed by atoms with Gasteiger partial charge in [-0.2, -0.15) is 17.7 Å². The van der Waals surface area contributed by atoms with Crippen LogP contribution in [0.4, 0.5) is 18.9 Å². The molecule has 1 saturated carbocycles. The predicted molar refractivity (Wildman–Crippen MR) is 136 cm³/mol. The van der Waals surface area contributed by atoms with Crippen LogP contribution in [0.3, 0.4) is 0 Å². The average Bonchev–Trinajstić information content (AvgIpc) is 3.05. The van der Waals surface area contributed by atoms with Crippen molar-refractivity contribution in [1.82, 2.24) is 4.90 Å². The van der Waals surface area contributed by atoms with Crippen molar-refractivity contribution in [2.75, 3.05) is 19.6 Å². The number of alkyl halides is 3. The highest BCUT2D eigenvalue weighted by atomic mass is 19.4. The van der Waals surface area contributed by atoms with Crippen LogP contribution >= 0.6 is 0 Å². The second-order valence-electron chi connectivity index (χ2n) is 10.7. The van der Waals surface area contributed by atoms with Crippen molar-refractivity contribution in [3.63, 3.8) is 0 Å². The van der Waals surface area contributed by atoms with Gasteiger partial charge in [0.2, 0.25) is 5.69 Å². The highest BCUT2D eigenvalue weighted by molar-refractivity contribution is 6.03. The lowest BCUT2D eigenvalue weighted by molar-refractivity contribution is -0.439. The Morgan fingerprint density at radius 1 is 1.03 bits per heavy atom. The highest BCUT2D eigenvalue weighted by Crippen LogP contribution is 2.50. The largest absolute Gasteiger partial charge is 0.416 e. The first-order chi connectivity index (χ1) is 16.2. The van der Waals surface area contributed by atoms with Gasteiger partial charge in [0, 0.05) is 43.4 Å². The summed E-state index contributed by atoms with van der Waals surface area (Å²) in [6.07, 6.45) is 11.0. The van der Waals surface area contributed by atoms with Crippen molar-refractivity contribution in [1.29, 1.82) is 0 Å². The minimum atomic E-state index is -4.32. The quantitative estimate of drug-likeness (QED) is 0.290. The number of benzene rings is 1. The van der Waals surface area contributed by atoms with Crippen LogP contribution in [-0.4, -0.2) is 34.8 Å². The molecule has 34 heavy (non-hydrogen) atoms. The van der Waals surface area contributed by atoms with Gasteiger partial charge in [0.25, 0.3) is 0 Å². The van der Waals surface area contributed by atoms with E-state index in [0.29, 0.717) is 5.92 Å². The fourth-order valence-electron chi connectivity index (χ4n) is 5.57. The van der Waals surface area contributed by atoms with Crippen LogP contribution in [0.1, 0.15) is 103 Å². The molecule has 0 atom stereocenters. The van der Waals surface area contributed by atoms with E-state index in [1.807, 2.05) is 0 Å². The zero-order chi connectivity index (χ0) is 24.8. The van der Waals surface area contributed by atoms with Crippen LogP contribution in [-0.2, 0) is 11.6 Å². The van der Waals surface area contributed by atoms with Crippen molar-refractivity contribution < 1.29 is 17.7 Å². The zero-order valence-corrected chi connectivity index (χ0v) is 21.7. The van der Waals surface area contributed by atoms with Crippen molar-refractivity contribution in [2.24, 2.45) is 5.92 Å². The lowest BCUT2D eigenvalue weighted by atomic mass is 9.67. The number of hydrogen-bond donors (Lipinski definition) is 0. The van der Waals surface area contributed by atoms with Crippen molar-refractivity contribution in [2.45, 2.75) is 103 Å². The van der Waals surface area contributed by atoms with Gasteiger partial charge in [0.15, 0.2) is 5.71 Å². The zero-order valence-electron chi connectivity index (χ0n) is 21.7. The molecule has 0 radical (unpaired) electrons. The van der Waals surface area contributed by atoms with Crippen molar-refractivity contribution >= 4 is 11.4 Å². The normalized spacial score (nSPS) is 17.9. The molecule has 0 unspecified atom stereocenters. The molecule has 1 spiro atoms. The Morgan fingerprint density at radius 2 is 1.68 bits per heavy atom. The lowest BCUT2D eigenvalue weighted by Crippen LogP contribution is -2.37. The number of halogens is 3. The molecule has 0 bridgehead atoms. The first kappa shape index (κ1) is 26.8. The van der Waals surface area contributed by atoms with E-state index < -0.39 is 11.7 Å². The van der Waals surface area contributed by atoms with Gasteiger partial charge in [-0.15, -0.1) is 0 Å². The summed E-state index contributed by atoms with van der Waals surface area (Å²) < 4.78 is 43.5. The Kier molecular flexibility index (Phi) is 9.28. The molecule has 1 aliphatic carbocycles. The van der Waals surface area contributed by atoms with Gasteiger partial charge in [-0.05, 0) is 43.7 Å². The van der Waals surface area contributed by atoms with Gasteiger partial charge < -0.3 is 4.90 Å². The molecule has 2 nitrogen and oxygen atoms in total. The van der Waals surface area contributed by atoms with Crippen molar-refractivity contribution in [3.05, 3.63) is 41.6 Å². The summed E-state index contributed by atoms with van der Waals surface area (Å²) in [6, 6.07) is 4.48. The molecule has 1 fully saturated rings. The molecule has 190 valence electrons. The Bertz CT molecular complexity index is 853. The molecule has 1 aliphatic heterocycles. The topological polar surface area (TPSA) is 6.25 Å². The molecule has 3 rings (SSSR count). The monoisotopic (exact) mass is 477 g/mol. The van der Waals surface area contributed by atoms with Gasteiger partial charge in [-0.3, -0.25) is 0 Å². The molecule has 1 aromatic rings. The molecule has 1 heterocycles. The average molecular weight is 478 g/mol. The van der Waals surface area contributed by atoms with Gasteiger partial charge in [-0.1, -0.05) is 59.8 Å². The standard InChI is InChI=1S/C29H44F3N2/c1-5-7-18-33(19-8-6-2)20-15-27-28(16-10-9-11-17-28)25-22-24(29(30,31)32)12-13-26(25)34(27)21-14-23(3)4/h12-13,15,20,22-23H,5-11,14,16-19,21H2,1-4H3/q+1. The van der Waals surface area contributed by atoms with Gasteiger partial charge >= 0.3 is 6.18 Å². The van der Waals surface area contributed by atoms with Gasteiger partial charge in [0.1, 0.15) is 6.54 Å². The van der Waals surface area contributed by atoms with Crippen LogP contribution < -0.4 is 0 Å². The number of nitrogens with zero attached hydrogens (tertiary/aromatic N) is 2. The fourth-order valence-corrected chi connectivity index (χ4v) is 5.57.